The Hall–Kier alpha value is -1.70. The summed E-state index contributed by atoms with van der Waals surface area (Å²) >= 11 is 0. The fourth-order valence-corrected chi connectivity index (χ4v) is 2.43. The minimum absolute atomic E-state index is 0.0205. The molecule has 0 radical (unpaired) electrons. The maximum Gasteiger partial charge on any atom is 0.418 e. The van der Waals surface area contributed by atoms with Crippen LogP contribution in [-0.2, 0) is 11.2 Å². The van der Waals surface area contributed by atoms with Crippen LogP contribution in [0.5, 0.6) is 0 Å². The summed E-state index contributed by atoms with van der Waals surface area (Å²) < 4.78 is 64.9. The van der Waals surface area contributed by atoms with Crippen LogP contribution in [0.1, 0.15) is 18.4 Å². The Morgan fingerprint density at radius 3 is 2.64 bits per heavy atom. The van der Waals surface area contributed by atoms with Crippen LogP contribution in [0.2, 0.25) is 0 Å². The zero-order valence-corrected chi connectivity index (χ0v) is 11.5. The van der Waals surface area contributed by atoms with E-state index in [4.69, 9.17) is 0 Å². The molecule has 0 bridgehead atoms. The maximum atomic E-state index is 13.5. The van der Waals surface area contributed by atoms with Crippen LogP contribution < -0.4 is 0 Å². The Balaban J connectivity index is 2.11. The van der Waals surface area contributed by atoms with Crippen LogP contribution >= 0.6 is 0 Å². The van der Waals surface area contributed by atoms with Crippen molar-refractivity contribution in [2.45, 2.75) is 31.0 Å². The zero-order chi connectivity index (χ0) is 16.5. The third kappa shape index (κ3) is 3.37. The van der Waals surface area contributed by atoms with E-state index in [0.717, 1.165) is 23.1 Å². The van der Waals surface area contributed by atoms with Gasteiger partial charge < -0.3 is 10.0 Å². The largest absolute Gasteiger partial charge is 0.418 e. The second-order valence-corrected chi connectivity index (χ2v) is 5.36. The Labute approximate surface area is 123 Å². The van der Waals surface area contributed by atoms with E-state index in [-0.39, 0.29) is 18.5 Å². The van der Waals surface area contributed by atoms with Crippen LogP contribution in [0.3, 0.4) is 0 Å². The van der Waals surface area contributed by atoms with Crippen molar-refractivity contribution in [3.8, 4) is 0 Å². The van der Waals surface area contributed by atoms with Crippen LogP contribution in [-0.4, -0.2) is 40.8 Å². The SMILES string of the molecule is O=C(Cc1cc(F)ccc1F)N1CCC[C@@](O)(C(F)(F)F)C1. The number of benzene rings is 1. The molecule has 8 heteroatoms. The third-order valence-corrected chi connectivity index (χ3v) is 3.70. The summed E-state index contributed by atoms with van der Waals surface area (Å²) in [5.41, 5.74) is -3.19. The number of likely N-dealkylation sites (tertiary alicyclic amines) is 1. The lowest BCUT2D eigenvalue weighted by Gasteiger charge is -2.40. The summed E-state index contributed by atoms with van der Waals surface area (Å²) in [5.74, 6) is -2.33. The molecule has 1 aliphatic heterocycles. The first kappa shape index (κ1) is 16.7. The fraction of sp³-hybridized carbons (Fsp3) is 0.500. The van der Waals surface area contributed by atoms with Crippen LogP contribution in [0, 0.1) is 11.6 Å². The number of rotatable bonds is 2. The van der Waals surface area contributed by atoms with Crippen molar-refractivity contribution in [2.75, 3.05) is 13.1 Å². The van der Waals surface area contributed by atoms with E-state index in [9.17, 15) is 31.9 Å². The maximum absolute atomic E-state index is 13.5. The van der Waals surface area contributed by atoms with Gasteiger partial charge in [0.1, 0.15) is 11.6 Å². The number of hydrogen-bond acceptors (Lipinski definition) is 2. The van der Waals surface area contributed by atoms with E-state index < -0.39 is 48.7 Å². The molecule has 22 heavy (non-hydrogen) atoms. The zero-order valence-electron chi connectivity index (χ0n) is 11.5. The molecule has 0 aromatic heterocycles. The average molecular weight is 323 g/mol. The van der Waals surface area contributed by atoms with Crippen molar-refractivity contribution < 1.29 is 31.9 Å². The lowest BCUT2D eigenvalue weighted by atomic mass is 9.92. The van der Waals surface area contributed by atoms with Crippen molar-refractivity contribution >= 4 is 5.91 Å². The Morgan fingerprint density at radius 2 is 2.00 bits per heavy atom. The number of carbonyl (C=O) groups is 1. The van der Waals surface area contributed by atoms with Crippen molar-refractivity contribution in [1.29, 1.82) is 0 Å². The molecule has 3 nitrogen and oxygen atoms in total. The third-order valence-electron chi connectivity index (χ3n) is 3.70. The topological polar surface area (TPSA) is 40.5 Å². The molecule has 1 aromatic rings. The molecule has 1 amide bonds. The summed E-state index contributed by atoms with van der Waals surface area (Å²) in [7, 11) is 0. The molecule has 0 unspecified atom stereocenters. The summed E-state index contributed by atoms with van der Waals surface area (Å²) in [4.78, 5) is 12.8. The Morgan fingerprint density at radius 1 is 1.32 bits per heavy atom. The van der Waals surface area contributed by atoms with Gasteiger partial charge in [-0.2, -0.15) is 13.2 Å². The molecule has 1 aromatic carbocycles. The fourth-order valence-electron chi connectivity index (χ4n) is 2.43. The molecular formula is C14H14F5NO2. The standard InChI is InChI=1S/C14H14F5NO2/c15-10-2-3-11(16)9(6-10)7-12(21)20-5-1-4-13(22,8-20)14(17,18)19/h2-3,6,22H,1,4-5,7-8H2/t13-/m0/s1. The van der Waals surface area contributed by atoms with E-state index in [1.165, 1.54) is 0 Å². The first-order valence-corrected chi connectivity index (χ1v) is 6.63. The summed E-state index contributed by atoms with van der Waals surface area (Å²) in [5, 5.41) is 9.64. The smallest absolute Gasteiger partial charge is 0.379 e. The molecule has 1 heterocycles. The van der Waals surface area contributed by atoms with E-state index >= 15 is 0 Å². The van der Waals surface area contributed by atoms with Crippen molar-refractivity contribution in [3.05, 3.63) is 35.4 Å². The molecular weight excluding hydrogens is 309 g/mol. The van der Waals surface area contributed by atoms with Crippen LogP contribution in [0.15, 0.2) is 18.2 Å². The molecule has 1 fully saturated rings. The number of nitrogens with zero attached hydrogens (tertiary/aromatic N) is 1. The molecule has 1 aliphatic rings. The number of piperidine rings is 1. The van der Waals surface area contributed by atoms with Crippen LogP contribution in [0.25, 0.3) is 0 Å². The van der Waals surface area contributed by atoms with Gasteiger partial charge in [0.15, 0.2) is 5.60 Å². The highest BCUT2D eigenvalue weighted by molar-refractivity contribution is 5.79. The molecule has 122 valence electrons. The highest BCUT2D eigenvalue weighted by atomic mass is 19.4. The summed E-state index contributed by atoms with van der Waals surface area (Å²) in [6.45, 7) is -0.861. The molecule has 1 atom stereocenters. The first-order valence-electron chi connectivity index (χ1n) is 6.63. The molecule has 2 rings (SSSR count). The summed E-state index contributed by atoms with van der Waals surface area (Å²) in [6, 6.07) is 2.56. The Kier molecular flexibility index (Phi) is 4.42. The average Bonchev–Trinajstić information content (AvgIpc) is 2.41. The number of amides is 1. The highest BCUT2D eigenvalue weighted by Crippen LogP contribution is 2.37. The van der Waals surface area contributed by atoms with Gasteiger partial charge in [0.25, 0.3) is 0 Å². The molecule has 0 spiro atoms. The number of hydrogen-bond donors (Lipinski definition) is 1. The van der Waals surface area contributed by atoms with Crippen LogP contribution in [0.4, 0.5) is 22.0 Å². The van der Waals surface area contributed by atoms with Gasteiger partial charge >= 0.3 is 6.18 Å². The minimum Gasteiger partial charge on any atom is -0.379 e. The number of aliphatic hydroxyl groups is 1. The number of halogens is 5. The van der Waals surface area contributed by atoms with Crippen molar-refractivity contribution in [2.24, 2.45) is 0 Å². The lowest BCUT2D eigenvalue weighted by Crippen LogP contribution is -2.58. The normalized spacial score (nSPS) is 22.7. The predicted molar refractivity (Wildman–Crippen MR) is 66.9 cm³/mol. The van der Waals surface area contributed by atoms with Gasteiger partial charge in [-0.05, 0) is 31.0 Å². The van der Waals surface area contributed by atoms with Crippen molar-refractivity contribution in [1.82, 2.24) is 4.90 Å². The minimum atomic E-state index is -4.85. The Bertz CT molecular complexity index is 575. The second kappa shape index (κ2) is 5.83. The van der Waals surface area contributed by atoms with E-state index in [0.29, 0.717) is 0 Å². The molecule has 0 saturated carbocycles. The predicted octanol–water partition coefficient (Wildman–Crippen LogP) is 2.42. The van der Waals surface area contributed by atoms with E-state index in [1.807, 2.05) is 0 Å². The lowest BCUT2D eigenvalue weighted by molar-refractivity contribution is -0.272. The first-order chi connectivity index (χ1) is 10.1. The van der Waals surface area contributed by atoms with Gasteiger partial charge in [-0.15, -0.1) is 0 Å². The van der Waals surface area contributed by atoms with E-state index in [1.54, 1.807) is 0 Å². The number of β-amino-alcohol motifs (C(OH)–C–C–N with tert-alkyl or cyclic N) is 1. The van der Waals surface area contributed by atoms with Gasteiger partial charge in [0.05, 0.1) is 13.0 Å². The molecule has 1 saturated heterocycles. The van der Waals surface area contributed by atoms with Gasteiger partial charge in [0.2, 0.25) is 5.91 Å². The van der Waals surface area contributed by atoms with E-state index in [2.05, 4.69) is 0 Å². The number of carbonyl (C=O) groups excluding carboxylic acids is 1. The highest BCUT2D eigenvalue weighted by Gasteiger charge is 2.55. The second-order valence-electron chi connectivity index (χ2n) is 5.36. The quantitative estimate of drug-likeness (QED) is 0.849. The molecule has 1 N–H and O–H groups in total. The molecule has 0 aliphatic carbocycles. The van der Waals surface area contributed by atoms with Gasteiger partial charge in [0, 0.05) is 12.1 Å². The number of alkyl halides is 3. The van der Waals surface area contributed by atoms with Gasteiger partial charge in [-0.1, -0.05) is 0 Å². The van der Waals surface area contributed by atoms with Gasteiger partial charge in [-0.3, -0.25) is 4.79 Å². The summed E-state index contributed by atoms with van der Waals surface area (Å²) in [6.07, 6.45) is -5.92. The van der Waals surface area contributed by atoms with Gasteiger partial charge in [-0.25, -0.2) is 8.78 Å². The van der Waals surface area contributed by atoms with Crippen molar-refractivity contribution in [3.63, 3.8) is 0 Å². The monoisotopic (exact) mass is 323 g/mol.